The first-order chi connectivity index (χ1) is 9.22. The molecular formula is C14H14N2O2S. The second-order valence-electron chi connectivity index (χ2n) is 3.96. The van der Waals surface area contributed by atoms with Crippen molar-refractivity contribution in [3.63, 3.8) is 0 Å². The summed E-state index contributed by atoms with van der Waals surface area (Å²) in [7, 11) is -1.27. The molecule has 2 aromatic carbocycles. The van der Waals surface area contributed by atoms with Crippen LogP contribution in [0.4, 0.5) is 0 Å². The highest BCUT2D eigenvalue weighted by molar-refractivity contribution is 7.85. The van der Waals surface area contributed by atoms with Crippen LogP contribution >= 0.6 is 0 Å². The molecule has 2 rings (SSSR count). The largest absolute Gasteiger partial charge is 0.409 e. The summed E-state index contributed by atoms with van der Waals surface area (Å²) in [5, 5.41) is 11.6. The van der Waals surface area contributed by atoms with Gasteiger partial charge in [0.15, 0.2) is 0 Å². The Labute approximate surface area is 114 Å². The predicted octanol–water partition coefficient (Wildman–Crippen LogP) is 2.14. The third kappa shape index (κ3) is 3.20. The molecule has 1 atom stereocenters. The Morgan fingerprint density at radius 2 is 1.74 bits per heavy atom. The fourth-order valence-corrected chi connectivity index (χ4v) is 2.97. The number of rotatable bonds is 4. The van der Waals surface area contributed by atoms with Crippen molar-refractivity contribution in [1.82, 2.24) is 0 Å². The van der Waals surface area contributed by atoms with Crippen LogP contribution in [0, 0.1) is 0 Å². The van der Waals surface area contributed by atoms with E-state index in [1.807, 2.05) is 48.5 Å². The maximum Gasteiger partial charge on any atom is 0.143 e. The Morgan fingerprint density at radius 3 is 2.42 bits per heavy atom. The number of nitrogens with two attached hydrogens (primary N) is 1. The highest BCUT2D eigenvalue weighted by Gasteiger charge is 2.12. The van der Waals surface area contributed by atoms with Crippen molar-refractivity contribution in [3.05, 3.63) is 60.2 Å². The average Bonchev–Trinajstić information content (AvgIpc) is 2.48. The lowest BCUT2D eigenvalue weighted by atomic mass is 10.1. The van der Waals surface area contributed by atoms with Crippen LogP contribution in [-0.2, 0) is 17.2 Å². The summed E-state index contributed by atoms with van der Waals surface area (Å²) in [5.74, 6) is 0.0949. The van der Waals surface area contributed by atoms with E-state index in [9.17, 15) is 4.21 Å². The molecule has 0 radical (unpaired) electrons. The lowest BCUT2D eigenvalue weighted by Gasteiger charge is -2.08. The van der Waals surface area contributed by atoms with E-state index in [0.29, 0.717) is 4.90 Å². The summed E-state index contributed by atoms with van der Waals surface area (Å²) in [6.45, 7) is 0. The molecule has 0 fully saturated rings. The zero-order valence-corrected chi connectivity index (χ0v) is 11.0. The highest BCUT2D eigenvalue weighted by Crippen LogP contribution is 2.20. The molecule has 2 aromatic rings. The first-order valence-corrected chi connectivity index (χ1v) is 6.88. The Hall–Kier alpha value is -2.14. The minimum absolute atomic E-state index is 0.0949. The minimum Gasteiger partial charge on any atom is -0.409 e. The number of amidine groups is 1. The smallest absolute Gasteiger partial charge is 0.143 e. The van der Waals surface area contributed by atoms with E-state index >= 15 is 0 Å². The normalized spacial score (nSPS) is 13.2. The van der Waals surface area contributed by atoms with Gasteiger partial charge < -0.3 is 10.9 Å². The molecule has 19 heavy (non-hydrogen) atoms. The topological polar surface area (TPSA) is 75.7 Å². The Balaban J connectivity index is 2.37. The molecule has 0 aliphatic rings. The molecule has 0 saturated carbocycles. The number of hydrogen-bond donors (Lipinski definition) is 2. The number of nitrogens with zero attached hydrogens (tertiary/aromatic N) is 1. The van der Waals surface area contributed by atoms with Crippen molar-refractivity contribution in [2.24, 2.45) is 10.9 Å². The van der Waals surface area contributed by atoms with Crippen LogP contribution in [0.2, 0.25) is 0 Å². The van der Waals surface area contributed by atoms with Crippen molar-refractivity contribution >= 4 is 16.6 Å². The molecule has 0 amide bonds. The predicted molar refractivity (Wildman–Crippen MR) is 74.7 cm³/mol. The van der Waals surface area contributed by atoms with Crippen LogP contribution < -0.4 is 5.73 Å². The molecule has 4 nitrogen and oxygen atoms in total. The van der Waals surface area contributed by atoms with E-state index in [1.165, 1.54) is 0 Å². The monoisotopic (exact) mass is 274 g/mol. The quantitative estimate of drug-likeness (QED) is 0.388. The third-order valence-corrected chi connectivity index (χ3v) is 4.13. The Morgan fingerprint density at radius 1 is 1.11 bits per heavy atom. The van der Waals surface area contributed by atoms with E-state index in [0.717, 1.165) is 10.5 Å². The van der Waals surface area contributed by atoms with Gasteiger partial charge in [0.05, 0.1) is 10.8 Å². The molecule has 0 aliphatic heterocycles. The lowest BCUT2D eigenvalue weighted by molar-refractivity contribution is 0.317. The second kappa shape index (κ2) is 6.15. The summed E-state index contributed by atoms with van der Waals surface area (Å²) >= 11 is 0. The molecule has 3 N–H and O–H groups in total. The van der Waals surface area contributed by atoms with Gasteiger partial charge in [-0.25, -0.2) is 4.21 Å². The first kappa shape index (κ1) is 13.3. The zero-order chi connectivity index (χ0) is 13.7. The minimum atomic E-state index is -1.27. The van der Waals surface area contributed by atoms with Crippen molar-refractivity contribution in [2.75, 3.05) is 0 Å². The molecule has 0 aromatic heterocycles. The van der Waals surface area contributed by atoms with Gasteiger partial charge in [-0.3, -0.25) is 0 Å². The number of benzene rings is 2. The van der Waals surface area contributed by atoms with Gasteiger partial charge in [0.1, 0.15) is 5.84 Å². The number of hydrogen-bond acceptors (Lipinski definition) is 3. The van der Waals surface area contributed by atoms with Crippen LogP contribution in [0.1, 0.15) is 5.56 Å². The summed E-state index contributed by atoms with van der Waals surface area (Å²) in [4.78, 5) is 1.41. The maximum atomic E-state index is 12.5. The Kier molecular flexibility index (Phi) is 4.30. The second-order valence-corrected chi connectivity index (χ2v) is 5.41. The average molecular weight is 274 g/mol. The summed E-state index contributed by atoms with van der Waals surface area (Å²) in [5.41, 5.74) is 6.31. The molecule has 1 unspecified atom stereocenters. The molecule has 0 heterocycles. The van der Waals surface area contributed by atoms with Gasteiger partial charge in [-0.05, 0) is 23.8 Å². The van der Waals surface area contributed by atoms with Gasteiger partial charge in [0.25, 0.3) is 0 Å². The van der Waals surface area contributed by atoms with E-state index in [2.05, 4.69) is 5.16 Å². The van der Waals surface area contributed by atoms with E-state index < -0.39 is 10.8 Å². The van der Waals surface area contributed by atoms with Crippen molar-refractivity contribution in [3.8, 4) is 0 Å². The maximum absolute atomic E-state index is 12.5. The fraction of sp³-hybridized carbons (Fsp3) is 0.0714. The van der Waals surface area contributed by atoms with Gasteiger partial charge in [-0.1, -0.05) is 41.6 Å². The van der Waals surface area contributed by atoms with Crippen LogP contribution in [0.5, 0.6) is 0 Å². The fourth-order valence-electron chi connectivity index (χ4n) is 1.73. The van der Waals surface area contributed by atoms with Gasteiger partial charge >= 0.3 is 0 Å². The van der Waals surface area contributed by atoms with Crippen molar-refractivity contribution < 1.29 is 9.42 Å². The van der Waals surface area contributed by atoms with Crippen molar-refractivity contribution in [1.29, 1.82) is 0 Å². The lowest BCUT2D eigenvalue weighted by Crippen LogP contribution is -2.16. The standard InChI is InChI=1S/C14H14N2O2S/c15-14(16-17)10-11-6-4-5-9-13(11)19(18)12-7-2-1-3-8-12/h1-9,17H,10H2,(H2,15,16). The highest BCUT2D eigenvalue weighted by atomic mass is 32.2. The molecule has 0 bridgehead atoms. The molecule has 0 aliphatic carbocycles. The van der Waals surface area contributed by atoms with Crippen LogP contribution in [0.25, 0.3) is 0 Å². The number of oxime groups is 1. The zero-order valence-electron chi connectivity index (χ0n) is 10.2. The van der Waals surface area contributed by atoms with Gasteiger partial charge in [0, 0.05) is 16.2 Å². The van der Waals surface area contributed by atoms with Crippen LogP contribution in [-0.4, -0.2) is 15.3 Å². The van der Waals surface area contributed by atoms with Crippen LogP contribution in [0.15, 0.2) is 69.5 Å². The summed E-state index contributed by atoms with van der Waals surface area (Å²) < 4.78 is 12.5. The van der Waals surface area contributed by atoms with Gasteiger partial charge in [0.2, 0.25) is 0 Å². The SMILES string of the molecule is N/C(Cc1ccccc1S(=O)c1ccccc1)=N\O. The van der Waals surface area contributed by atoms with E-state index in [4.69, 9.17) is 10.9 Å². The molecule has 0 spiro atoms. The molecule has 0 saturated heterocycles. The molecule has 98 valence electrons. The first-order valence-electron chi connectivity index (χ1n) is 5.73. The van der Waals surface area contributed by atoms with E-state index in [1.54, 1.807) is 6.07 Å². The van der Waals surface area contributed by atoms with E-state index in [-0.39, 0.29) is 12.3 Å². The molecule has 5 heteroatoms. The van der Waals surface area contributed by atoms with Gasteiger partial charge in [-0.15, -0.1) is 0 Å². The summed E-state index contributed by atoms with van der Waals surface area (Å²) in [6, 6.07) is 16.5. The summed E-state index contributed by atoms with van der Waals surface area (Å²) in [6.07, 6.45) is 0.269. The van der Waals surface area contributed by atoms with Crippen LogP contribution in [0.3, 0.4) is 0 Å². The van der Waals surface area contributed by atoms with Crippen molar-refractivity contribution in [2.45, 2.75) is 16.2 Å². The Bertz CT molecular complexity index is 612. The van der Waals surface area contributed by atoms with Gasteiger partial charge in [-0.2, -0.15) is 0 Å². The molecular weight excluding hydrogens is 260 g/mol. The third-order valence-electron chi connectivity index (χ3n) is 2.63.